The molecule has 138 valence electrons. The number of ether oxygens (including phenoxy) is 2. The molecule has 27 heavy (non-hydrogen) atoms. The maximum atomic E-state index is 13.1. The Bertz CT molecular complexity index is 985. The van der Waals surface area contributed by atoms with Crippen molar-refractivity contribution in [2.75, 3.05) is 13.2 Å². The lowest BCUT2D eigenvalue weighted by molar-refractivity contribution is 0.171. The summed E-state index contributed by atoms with van der Waals surface area (Å²) in [5.41, 5.74) is 1.64. The number of fused-ring (bicyclic) bond motifs is 1. The van der Waals surface area contributed by atoms with Crippen molar-refractivity contribution in [1.29, 1.82) is 0 Å². The van der Waals surface area contributed by atoms with Crippen molar-refractivity contribution in [3.8, 4) is 11.5 Å². The van der Waals surface area contributed by atoms with Crippen LogP contribution in [0.15, 0.2) is 78.0 Å². The molecule has 1 N–H and O–H groups in total. The molecule has 1 aliphatic rings. The van der Waals surface area contributed by atoms with Gasteiger partial charge in [0.1, 0.15) is 13.2 Å². The fourth-order valence-electron chi connectivity index (χ4n) is 2.94. The van der Waals surface area contributed by atoms with Crippen molar-refractivity contribution in [3.05, 3.63) is 84.2 Å². The van der Waals surface area contributed by atoms with Gasteiger partial charge in [0.15, 0.2) is 11.5 Å². The molecule has 0 spiro atoms. The van der Waals surface area contributed by atoms with E-state index >= 15 is 0 Å². The number of nitrogens with one attached hydrogen (secondary N) is 1. The first kappa shape index (κ1) is 17.5. The highest BCUT2D eigenvalue weighted by Gasteiger charge is 2.24. The average Bonchev–Trinajstić information content (AvgIpc) is 2.73. The van der Waals surface area contributed by atoms with Gasteiger partial charge in [-0.1, -0.05) is 30.3 Å². The number of aromatic nitrogens is 1. The van der Waals surface area contributed by atoms with E-state index in [4.69, 9.17) is 9.47 Å². The number of pyridine rings is 1. The minimum atomic E-state index is -3.80. The highest BCUT2D eigenvalue weighted by Crippen LogP contribution is 2.33. The van der Waals surface area contributed by atoms with Gasteiger partial charge in [0.25, 0.3) is 0 Å². The SMILES string of the molecule is O=S(=O)(N[C@@H](c1ccccc1)c1ccncc1)c1ccc2c(c1)OCCO2. The van der Waals surface area contributed by atoms with Crippen molar-refractivity contribution in [3.63, 3.8) is 0 Å². The highest BCUT2D eigenvalue weighted by molar-refractivity contribution is 7.89. The van der Waals surface area contributed by atoms with Gasteiger partial charge in [-0.2, -0.15) is 4.72 Å². The molecule has 1 aliphatic heterocycles. The van der Waals surface area contributed by atoms with Crippen LogP contribution in [0.2, 0.25) is 0 Å². The maximum Gasteiger partial charge on any atom is 0.241 e. The quantitative estimate of drug-likeness (QED) is 0.734. The third-order valence-corrected chi connectivity index (χ3v) is 5.69. The predicted molar refractivity (Wildman–Crippen MR) is 100 cm³/mol. The summed E-state index contributed by atoms with van der Waals surface area (Å²) in [7, 11) is -3.80. The first-order chi connectivity index (χ1) is 13.1. The smallest absolute Gasteiger partial charge is 0.241 e. The van der Waals surface area contributed by atoms with Crippen LogP contribution < -0.4 is 14.2 Å². The molecule has 6 nitrogen and oxygen atoms in total. The molecule has 0 saturated heterocycles. The lowest BCUT2D eigenvalue weighted by Crippen LogP contribution is -2.29. The van der Waals surface area contributed by atoms with Gasteiger partial charge in [0.05, 0.1) is 10.9 Å². The van der Waals surface area contributed by atoms with Crippen LogP contribution in [0.1, 0.15) is 17.2 Å². The summed E-state index contributed by atoms with van der Waals surface area (Å²) in [6.07, 6.45) is 3.29. The Balaban J connectivity index is 1.70. The molecule has 0 amide bonds. The molecule has 0 saturated carbocycles. The van der Waals surface area contributed by atoms with Gasteiger partial charge >= 0.3 is 0 Å². The van der Waals surface area contributed by atoms with Crippen LogP contribution in [0, 0.1) is 0 Å². The minimum absolute atomic E-state index is 0.127. The second-order valence-corrected chi connectivity index (χ2v) is 7.76. The molecule has 1 aromatic heterocycles. The number of nitrogens with zero attached hydrogens (tertiary/aromatic N) is 1. The third-order valence-electron chi connectivity index (χ3n) is 4.27. The summed E-state index contributed by atoms with van der Waals surface area (Å²) in [5.74, 6) is 0.984. The van der Waals surface area contributed by atoms with E-state index in [-0.39, 0.29) is 4.90 Å². The molecule has 4 rings (SSSR count). The fraction of sp³-hybridized carbons (Fsp3) is 0.150. The molecule has 2 heterocycles. The molecular formula is C20H18N2O4S. The first-order valence-electron chi connectivity index (χ1n) is 8.50. The van der Waals surface area contributed by atoms with Gasteiger partial charge in [0, 0.05) is 18.5 Å². The molecule has 0 radical (unpaired) electrons. The van der Waals surface area contributed by atoms with E-state index in [9.17, 15) is 8.42 Å². The zero-order valence-corrected chi connectivity index (χ0v) is 15.2. The summed E-state index contributed by atoms with van der Waals surface area (Å²) in [4.78, 5) is 4.14. The summed E-state index contributed by atoms with van der Waals surface area (Å²) < 4.78 is 39.9. The third kappa shape index (κ3) is 3.79. The minimum Gasteiger partial charge on any atom is -0.486 e. The van der Waals surface area contributed by atoms with Gasteiger partial charge in [-0.25, -0.2) is 8.42 Å². The maximum absolute atomic E-state index is 13.1. The summed E-state index contributed by atoms with van der Waals surface area (Å²) in [6.45, 7) is 0.850. The molecule has 0 bridgehead atoms. The highest BCUT2D eigenvalue weighted by atomic mass is 32.2. The molecule has 2 aromatic carbocycles. The Kier molecular flexibility index (Phi) is 4.79. The Morgan fingerprint density at radius 1 is 0.852 bits per heavy atom. The molecule has 0 unspecified atom stereocenters. The van der Waals surface area contributed by atoms with Crippen LogP contribution in [-0.4, -0.2) is 26.6 Å². The normalized spacial score (nSPS) is 14.5. The average molecular weight is 382 g/mol. The number of hydrogen-bond donors (Lipinski definition) is 1. The number of sulfonamides is 1. The van der Waals surface area contributed by atoms with E-state index in [1.54, 1.807) is 30.6 Å². The second kappa shape index (κ2) is 7.38. The van der Waals surface area contributed by atoms with Crippen LogP contribution >= 0.6 is 0 Å². The molecule has 7 heteroatoms. The van der Waals surface area contributed by atoms with E-state index in [1.807, 2.05) is 30.3 Å². The van der Waals surface area contributed by atoms with Gasteiger partial charge < -0.3 is 9.47 Å². The van der Waals surface area contributed by atoms with E-state index < -0.39 is 16.1 Å². The standard InChI is InChI=1S/C20H18N2O4S/c23-27(24,17-6-7-18-19(14-17)26-13-12-25-18)22-20(15-4-2-1-3-5-15)16-8-10-21-11-9-16/h1-11,14,20,22H,12-13H2/t20-/m0/s1. The van der Waals surface area contributed by atoms with Gasteiger partial charge in [-0.3, -0.25) is 4.98 Å². The fourth-order valence-corrected chi connectivity index (χ4v) is 4.17. The Morgan fingerprint density at radius 2 is 1.52 bits per heavy atom. The van der Waals surface area contributed by atoms with Gasteiger partial charge in [-0.15, -0.1) is 0 Å². The van der Waals surface area contributed by atoms with E-state index in [0.717, 1.165) is 11.1 Å². The summed E-state index contributed by atoms with van der Waals surface area (Å²) in [6, 6.07) is 17.1. The van der Waals surface area contributed by atoms with E-state index in [1.165, 1.54) is 12.1 Å². The topological polar surface area (TPSA) is 77.5 Å². The van der Waals surface area contributed by atoms with Crippen LogP contribution in [0.3, 0.4) is 0 Å². The van der Waals surface area contributed by atoms with E-state index in [0.29, 0.717) is 24.7 Å². The Hall–Kier alpha value is -2.90. The Morgan fingerprint density at radius 3 is 2.26 bits per heavy atom. The van der Waals surface area contributed by atoms with Crippen molar-refractivity contribution >= 4 is 10.0 Å². The predicted octanol–water partition coefficient (Wildman–Crippen LogP) is 2.92. The first-order valence-corrected chi connectivity index (χ1v) is 9.99. The second-order valence-electron chi connectivity index (χ2n) is 6.05. The number of hydrogen-bond acceptors (Lipinski definition) is 5. The van der Waals surface area contributed by atoms with E-state index in [2.05, 4.69) is 9.71 Å². The van der Waals surface area contributed by atoms with Crippen LogP contribution in [-0.2, 0) is 10.0 Å². The molecule has 0 fully saturated rings. The van der Waals surface area contributed by atoms with Crippen molar-refractivity contribution < 1.29 is 17.9 Å². The summed E-state index contributed by atoms with van der Waals surface area (Å²) >= 11 is 0. The zero-order valence-electron chi connectivity index (χ0n) is 14.4. The van der Waals surface area contributed by atoms with Crippen LogP contribution in [0.25, 0.3) is 0 Å². The largest absolute Gasteiger partial charge is 0.486 e. The summed E-state index contributed by atoms with van der Waals surface area (Å²) in [5, 5.41) is 0. The van der Waals surface area contributed by atoms with Crippen molar-refractivity contribution in [1.82, 2.24) is 9.71 Å². The number of rotatable bonds is 5. The van der Waals surface area contributed by atoms with Crippen molar-refractivity contribution in [2.45, 2.75) is 10.9 Å². The van der Waals surface area contributed by atoms with Gasteiger partial charge in [0.2, 0.25) is 10.0 Å². The van der Waals surface area contributed by atoms with Gasteiger partial charge in [-0.05, 0) is 35.4 Å². The monoisotopic (exact) mass is 382 g/mol. The number of benzene rings is 2. The molecular weight excluding hydrogens is 364 g/mol. The molecule has 3 aromatic rings. The molecule has 0 aliphatic carbocycles. The zero-order chi connectivity index (χ0) is 18.7. The van der Waals surface area contributed by atoms with Crippen LogP contribution in [0.5, 0.6) is 11.5 Å². The Labute approximate surface area is 157 Å². The van der Waals surface area contributed by atoms with Crippen LogP contribution in [0.4, 0.5) is 0 Å². The lowest BCUT2D eigenvalue weighted by Gasteiger charge is -2.21. The van der Waals surface area contributed by atoms with Crippen molar-refractivity contribution in [2.24, 2.45) is 0 Å². The lowest BCUT2D eigenvalue weighted by atomic mass is 10.0. The molecule has 1 atom stereocenters.